The largest absolute Gasteiger partial charge is 0.310 e. The highest BCUT2D eigenvalue weighted by Gasteiger charge is 2.20. The number of aromatic nitrogens is 2. The molecular weight excluding hydrogens is 945 g/mol. The molecule has 0 bridgehead atoms. The molecule has 2 heterocycles. The second kappa shape index (κ2) is 20.0. The lowest BCUT2D eigenvalue weighted by Crippen LogP contribution is -2.09. The van der Waals surface area contributed by atoms with Crippen molar-refractivity contribution in [2.45, 2.75) is 0 Å². The van der Waals surface area contributed by atoms with Gasteiger partial charge in [-0.2, -0.15) is 0 Å². The van der Waals surface area contributed by atoms with Gasteiger partial charge in [0.25, 0.3) is 0 Å². The number of hydrogen-bond acceptors (Lipinski definition) is 2. The zero-order valence-electron chi connectivity index (χ0n) is 42.8. The number of nitrogens with zero attached hydrogens (tertiary/aromatic N) is 4. The maximum atomic E-state index is 2.40. The molecule has 78 heavy (non-hydrogen) atoms. The van der Waals surface area contributed by atoms with E-state index in [1.165, 1.54) is 65.9 Å². The molecular formula is C74H52N4. The van der Waals surface area contributed by atoms with Crippen LogP contribution in [0.4, 0.5) is 34.1 Å². The monoisotopic (exact) mass is 996 g/mol. The van der Waals surface area contributed by atoms with Crippen molar-refractivity contribution < 1.29 is 0 Å². The fourth-order valence-electron chi connectivity index (χ4n) is 11.4. The van der Waals surface area contributed by atoms with Crippen molar-refractivity contribution in [1.29, 1.82) is 0 Å². The zero-order valence-corrected chi connectivity index (χ0v) is 42.8. The number of hydrogen-bond donors (Lipinski definition) is 0. The van der Waals surface area contributed by atoms with E-state index in [2.05, 4.69) is 334 Å². The average molecular weight is 997 g/mol. The van der Waals surface area contributed by atoms with E-state index < -0.39 is 0 Å². The standard InChI is InChI=1S/C74H52N4/c1-5-19-55(20-6-1)57-23-17-29-63(49-57)77-71-33-15-13-31-67(71)69-51-65(45-47-73(69)77)75(59-25-9-3-10-26-59)61-41-37-53(38-42-61)35-36-54-39-43-62(44-40-54)76(60-27-11-4-12-28-60)66-46-48-74-70(52-66)68-32-14-16-34-72(68)78(74)64-30-18-24-58(50-64)56-21-7-2-8-22-56/h1-52H. The summed E-state index contributed by atoms with van der Waals surface area (Å²) in [6.45, 7) is 0. The highest BCUT2D eigenvalue weighted by molar-refractivity contribution is 6.12. The van der Waals surface area contributed by atoms with E-state index >= 15 is 0 Å². The molecule has 0 fully saturated rings. The van der Waals surface area contributed by atoms with Crippen molar-refractivity contribution in [3.05, 3.63) is 314 Å². The van der Waals surface area contributed by atoms with Gasteiger partial charge in [0.2, 0.25) is 0 Å². The Morgan fingerprint density at radius 2 is 0.538 bits per heavy atom. The number of anilines is 6. The molecule has 4 heteroatoms. The van der Waals surface area contributed by atoms with Gasteiger partial charge < -0.3 is 18.9 Å². The molecule has 0 atom stereocenters. The first-order chi connectivity index (χ1) is 38.7. The van der Waals surface area contributed by atoms with E-state index in [1.54, 1.807) is 0 Å². The third kappa shape index (κ3) is 8.58. The van der Waals surface area contributed by atoms with Gasteiger partial charge in [0.05, 0.1) is 22.1 Å². The predicted octanol–water partition coefficient (Wildman–Crippen LogP) is 20.3. The molecule has 0 unspecified atom stereocenters. The summed E-state index contributed by atoms with van der Waals surface area (Å²) >= 11 is 0. The van der Waals surface area contributed by atoms with E-state index in [1.807, 2.05) is 0 Å². The van der Waals surface area contributed by atoms with Gasteiger partial charge in [-0.25, -0.2) is 0 Å². The van der Waals surface area contributed by atoms with E-state index in [0.29, 0.717) is 0 Å². The Bertz CT molecular complexity index is 4170. The molecule has 2 aromatic heterocycles. The van der Waals surface area contributed by atoms with Crippen LogP contribution in [-0.4, -0.2) is 9.13 Å². The fourth-order valence-corrected chi connectivity index (χ4v) is 11.4. The molecule has 4 nitrogen and oxygen atoms in total. The van der Waals surface area contributed by atoms with E-state index in [-0.39, 0.29) is 0 Å². The summed E-state index contributed by atoms with van der Waals surface area (Å²) in [5, 5.41) is 4.85. The molecule has 12 aromatic carbocycles. The molecule has 14 aromatic rings. The summed E-state index contributed by atoms with van der Waals surface area (Å²) in [7, 11) is 0. The third-order valence-corrected chi connectivity index (χ3v) is 15.1. The van der Waals surface area contributed by atoms with Crippen LogP contribution in [0.15, 0.2) is 303 Å². The molecule has 0 amide bonds. The molecule has 0 saturated heterocycles. The van der Waals surface area contributed by atoms with Crippen molar-refractivity contribution in [2.75, 3.05) is 9.80 Å². The van der Waals surface area contributed by atoms with Gasteiger partial charge in [-0.3, -0.25) is 0 Å². The number of fused-ring (bicyclic) bond motifs is 6. The summed E-state index contributed by atoms with van der Waals surface area (Å²) in [6, 6.07) is 109. The van der Waals surface area contributed by atoms with Gasteiger partial charge >= 0.3 is 0 Å². The molecule has 0 aliphatic rings. The van der Waals surface area contributed by atoms with Crippen LogP contribution in [0.3, 0.4) is 0 Å². The van der Waals surface area contributed by atoms with Gasteiger partial charge in [0.15, 0.2) is 0 Å². The molecule has 0 aliphatic carbocycles. The Morgan fingerprint density at radius 3 is 0.949 bits per heavy atom. The fraction of sp³-hybridized carbons (Fsp3) is 0. The first-order valence-corrected chi connectivity index (χ1v) is 26.7. The van der Waals surface area contributed by atoms with E-state index in [0.717, 1.165) is 56.6 Å². The average Bonchev–Trinajstić information content (AvgIpc) is 4.26. The van der Waals surface area contributed by atoms with Crippen LogP contribution in [0.2, 0.25) is 0 Å². The lowest BCUT2D eigenvalue weighted by molar-refractivity contribution is 1.18. The second-order valence-corrected chi connectivity index (χ2v) is 19.8. The Balaban J connectivity index is 0.761. The molecule has 14 rings (SSSR count). The van der Waals surface area contributed by atoms with Gasteiger partial charge in [-0.1, -0.05) is 194 Å². The van der Waals surface area contributed by atoms with Crippen molar-refractivity contribution in [2.24, 2.45) is 0 Å². The zero-order chi connectivity index (χ0) is 51.8. The molecule has 0 spiro atoms. The highest BCUT2D eigenvalue weighted by atomic mass is 15.1. The van der Waals surface area contributed by atoms with Crippen molar-refractivity contribution in [3.8, 4) is 33.6 Å². The van der Waals surface area contributed by atoms with E-state index in [4.69, 9.17) is 0 Å². The smallest absolute Gasteiger partial charge is 0.0542 e. The third-order valence-electron chi connectivity index (χ3n) is 15.1. The molecule has 0 aliphatic heterocycles. The van der Waals surface area contributed by atoms with Crippen LogP contribution in [0.25, 0.3) is 89.4 Å². The van der Waals surface area contributed by atoms with Crippen molar-refractivity contribution in [3.63, 3.8) is 0 Å². The minimum Gasteiger partial charge on any atom is -0.310 e. The molecule has 0 saturated carbocycles. The van der Waals surface area contributed by atoms with Gasteiger partial charge in [-0.05, 0) is 155 Å². The maximum Gasteiger partial charge on any atom is 0.0542 e. The quantitative estimate of drug-likeness (QED) is 0.113. The Hall–Kier alpha value is -10.4. The highest BCUT2D eigenvalue weighted by Crippen LogP contribution is 2.42. The maximum absolute atomic E-state index is 2.40. The van der Waals surface area contributed by atoms with Gasteiger partial charge in [-0.15, -0.1) is 0 Å². The molecule has 0 N–H and O–H groups in total. The van der Waals surface area contributed by atoms with Crippen molar-refractivity contribution in [1.82, 2.24) is 9.13 Å². The topological polar surface area (TPSA) is 16.3 Å². The summed E-state index contributed by atoms with van der Waals surface area (Å²) in [5.41, 5.74) is 20.6. The van der Waals surface area contributed by atoms with Crippen LogP contribution in [0.1, 0.15) is 11.1 Å². The lowest BCUT2D eigenvalue weighted by atomic mass is 10.1. The van der Waals surface area contributed by atoms with Gasteiger partial charge in [0.1, 0.15) is 0 Å². The Kier molecular flexibility index (Phi) is 11.8. The first kappa shape index (κ1) is 46.1. The SMILES string of the molecule is C(=Cc1ccc(N(c2ccccc2)c2ccc3c(c2)c2ccccc2n3-c2cccc(-c3ccccc3)c2)cc1)c1ccc(N(c2ccccc2)c2ccc3c(c2)c2ccccc2n3-c2cccc(-c3ccccc3)c2)cc1. The second-order valence-electron chi connectivity index (χ2n) is 19.8. The van der Waals surface area contributed by atoms with Gasteiger partial charge in [0, 0.05) is 67.0 Å². The lowest BCUT2D eigenvalue weighted by Gasteiger charge is -2.26. The van der Waals surface area contributed by atoms with Crippen LogP contribution >= 0.6 is 0 Å². The Labute approximate surface area is 454 Å². The predicted molar refractivity (Wildman–Crippen MR) is 331 cm³/mol. The van der Waals surface area contributed by atoms with Crippen LogP contribution in [-0.2, 0) is 0 Å². The molecule has 0 radical (unpaired) electrons. The summed E-state index contributed by atoms with van der Waals surface area (Å²) in [4.78, 5) is 4.71. The number of para-hydroxylation sites is 4. The van der Waals surface area contributed by atoms with Crippen LogP contribution < -0.4 is 9.80 Å². The summed E-state index contributed by atoms with van der Waals surface area (Å²) in [5.74, 6) is 0. The minimum atomic E-state index is 1.09. The first-order valence-electron chi connectivity index (χ1n) is 26.7. The van der Waals surface area contributed by atoms with Crippen LogP contribution in [0, 0.1) is 0 Å². The number of benzene rings is 12. The summed E-state index contributed by atoms with van der Waals surface area (Å²) < 4.78 is 4.80. The van der Waals surface area contributed by atoms with E-state index in [9.17, 15) is 0 Å². The summed E-state index contributed by atoms with van der Waals surface area (Å²) in [6.07, 6.45) is 4.40. The normalized spacial score (nSPS) is 11.5. The molecule has 368 valence electrons. The van der Waals surface area contributed by atoms with Crippen molar-refractivity contribution >= 4 is 89.9 Å². The Morgan fingerprint density at radius 1 is 0.218 bits per heavy atom. The minimum absolute atomic E-state index is 1.09. The number of rotatable bonds is 12. The van der Waals surface area contributed by atoms with Crippen LogP contribution in [0.5, 0.6) is 0 Å².